The number of halogens is 1. The molecule has 2 heterocycles. The van der Waals surface area contributed by atoms with Gasteiger partial charge in [-0.3, -0.25) is 4.79 Å². The molecule has 1 amide bonds. The van der Waals surface area contributed by atoms with E-state index in [1.54, 1.807) is 17.0 Å². The molecular formula is C23H25FN4O2. The lowest BCUT2D eigenvalue weighted by Gasteiger charge is -2.28. The van der Waals surface area contributed by atoms with Crippen LogP contribution in [-0.2, 0) is 22.6 Å². The molecule has 0 atom stereocenters. The lowest BCUT2D eigenvalue weighted by molar-refractivity contribution is -0.137. The molecule has 0 saturated carbocycles. The summed E-state index contributed by atoms with van der Waals surface area (Å²) >= 11 is 0. The van der Waals surface area contributed by atoms with Crippen LogP contribution < -0.4 is 5.32 Å². The van der Waals surface area contributed by atoms with Crippen molar-refractivity contribution in [2.75, 3.05) is 25.1 Å². The van der Waals surface area contributed by atoms with Crippen molar-refractivity contribution in [2.24, 2.45) is 0 Å². The van der Waals surface area contributed by atoms with Gasteiger partial charge in [0.1, 0.15) is 29.8 Å². The second-order valence-corrected chi connectivity index (χ2v) is 7.33. The molecule has 3 aromatic rings. The fraction of sp³-hybridized carbons (Fsp3) is 0.304. The number of nitrogens with zero attached hydrogens (tertiary/aromatic N) is 3. The number of anilines is 2. The maximum atomic E-state index is 13.5. The number of rotatable bonds is 6. The van der Waals surface area contributed by atoms with Crippen LogP contribution >= 0.6 is 0 Å². The van der Waals surface area contributed by atoms with Crippen molar-refractivity contribution in [3.8, 4) is 11.3 Å². The number of fused-ring (bicyclic) bond motifs is 1. The highest BCUT2D eigenvalue weighted by Crippen LogP contribution is 2.33. The van der Waals surface area contributed by atoms with Gasteiger partial charge in [-0.2, -0.15) is 0 Å². The highest BCUT2D eigenvalue weighted by molar-refractivity contribution is 5.79. The number of nitrogens with one attached hydrogen (secondary N) is 1. The summed E-state index contributed by atoms with van der Waals surface area (Å²) in [6.07, 6.45) is 0. The Kier molecular flexibility index (Phi) is 5.81. The molecule has 4 rings (SSSR count). The van der Waals surface area contributed by atoms with Crippen LogP contribution in [0.3, 0.4) is 0 Å². The molecule has 30 heavy (non-hydrogen) atoms. The Morgan fingerprint density at radius 1 is 1.13 bits per heavy atom. The number of carbonyl (C=O) groups excluding carboxylic acids is 1. The summed E-state index contributed by atoms with van der Waals surface area (Å²) in [6, 6.07) is 14.4. The molecule has 0 aliphatic carbocycles. The van der Waals surface area contributed by atoms with Gasteiger partial charge in [-0.25, -0.2) is 9.37 Å². The van der Waals surface area contributed by atoms with E-state index in [1.165, 1.54) is 17.7 Å². The first kappa shape index (κ1) is 20.1. The third-order valence-corrected chi connectivity index (χ3v) is 5.19. The predicted molar refractivity (Wildman–Crippen MR) is 114 cm³/mol. The Morgan fingerprint density at radius 3 is 2.57 bits per heavy atom. The first-order valence-corrected chi connectivity index (χ1v) is 10.1. The molecule has 0 unspecified atom stereocenters. The summed E-state index contributed by atoms with van der Waals surface area (Å²) in [7, 11) is 0. The molecule has 0 radical (unpaired) electrons. The van der Waals surface area contributed by atoms with E-state index in [4.69, 9.17) is 9.72 Å². The predicted octanol–water partition coefficient (Wildman–Crippen LogP) is 4.12. The Morgan fingerprint density at radius 2 is 1.87 bits per heavy atom. The van der Waals surface area contributed by atoms with Gasteiger partial charge >= 0.3 is 0 Å². The molecular weight excluding hydrogens is 383 g/mol. The van der Waals surface area contributed by atoms with Crippen molar-refractivity contribution in [1.29, 1.82) is 0 Å². The Bertz CT molecular complexity index is 1030. The van der Waals surface area contributed by atoms with E-state index >= 15 is 0 Å². The van der Waals surface area contributed by atoms with Gasteiger partial charge in [-0.1, -0.05) is 17.7 Å². The smallest absolute Gasteiger partial charge is 0.249 e. The van der Waals surface area contributed by atoms with Gasteiger partial charge < -0.3 is 19.5 Å². The minimum absolute atomic E-state index is 0.0394. The van der Waals surface area contributed by atoms with Gasteiger partial charge in [0.25, 0.3) is 0 Å². The molecule has 1 aromatic heterocycles. The zero-order valence-corrected chi connectivity index (χ0v) is 17.2. The number of amides is 1. The van der Waals surface area contributed by atoms with Crippen LogP contribution in [0.15, 0.2) is 48.5 Å². The molecule has 0 spiro atoms. The van der Waals surface area contributed by atoms with E-state index in [9.17, 15) is 9.18 Å². The van der Waals surface area contributed by atoms with E-state index in [2.05, 4.69) is 9.88 Å². The van der Waals surface area contributed by atoms with E-state index in [-0.39, 0.29) is 18.3 Å². The van der Waals surface area contributed by atoms with Crippen LogP contribution in [0.5, 0.6) is 0 Å². The highest BCUT2D eigenvalue weighted by atomic mass is 19.1. The van der Waals surface area contributed by atoms with Crippen molar-refractivity contribution < 1.29 is 13.9 Å². The standard InChI is InChI=1S/C23H25FN4O2/c1-3-30-15-21(29)27-12-13-28-20(14-27)26-22(17-6-8-18(24)9-7-17)23(28)25-19-10-4-16(2)5-11-19/h4-11,25H,3,12-15H2,1-2H3. The summed E-state index contributed by atoms with van der Waals surface area (Å²) < 4.78 is 20.8. The SMILES string of the molecule is CCOCC(=O)N1CCn2c(nc(-c3ccc(F)cc3)c2Nc2ccc(C)cc2)C1. The average molecular weight is 408 g/mol. The Hall–Kier alpha value is -3.19. The molecule has 0 bridgehead atoms. The van der Waals surface area contributed by atoms with Crippen LogP contribution in [0.25, 0.3) is 11.3 Å². The Labute approximate surface area is 175 Å². The molecule has 1 N–H and O–H groups in total. The second kappa shape index (κ2) is 8.67. The van der Waals surface area contributed by atoms with Crippen molar-refractivity contribution in [2.45, 2.75) is 26.9 Å². The van der Waals surface area contributed by atoms with Gasteiger partial charge in [0, 0.05) is 30.9 Å². The van der Waals surface area contributed by atoms with Crippen molar-refractivity contribution >= 4 is 17.4 Å². The van der Waals surface area contributed by atoms with E-state index in [0.717, 1.165) is 28.6 Å². The lowest BCUT2D eigenvalue weighted by atomic mass is 10.1. The fourth-order valence-electron chi connectivity index (χ4n) is 3.53. The van der Waals surface area contributed by atoms with Crippen molar-refractivity contribution in [1.82, 2.24) is 14.5 Å². The van der Waals surface area contributed by atoms with Crippen molar-refractivity contribution in [3.63, 3.8) is 0 Å². The summed E-state index contributed by atoms with van der Waals surface area (Å²) in [5, 5.41) is 3.48. The molecule has 7 heteroatoms. The zero-order valence-electron chi connectivity index (χ0n) is 17.2. The average Bonchev–Trinajstić information content (AvgIpc) is 3.11. The zero-order chi connectivity index (χ0) is 21.1. The number of benzene rings is 2. The molecule has 156 valence electrons. The first-order chi connectivity index (χ1) is 14.5. The number of carbonyl (C=O) groups is 1. The first-order valence-electron chi connectivity index (χ1n) is 10.1. The molecule has 1 aliphatic rings. The van der Waals surface area contributed by atoms with Crippen LogP contribution in [0, 0.1) is 12.7 Å². The van der Waals surface area contributed by atoms with Gasteiger partial charge in [0.2, 0.25) is 5.91 Å². The number of aromatic nitrogens is 2. The van der Waals surface area contributed by atoms with Gasteiger partial charge in [0.05, 0.1) is 6.54 Å². The lowest BCUT2D eigenvalue weighted by Crippen LogP contribution is -2.40. The topological polar surface area (TPSA) is 59.4 Å². The monoisotopic (exact) mass is 408 g/mol. The number of aryl methyl sites for hydroxylation is 1. The normalized spacial score (nSPS) is 13.2. The summed E-state index contributed by atoms with van der Waals surface area (Å²) in [6.45, 7) is 6.12. The summed E-state index contributed by atoms with van der Waals surface area (Å²) in [5.41, 5.74) is 3.68. The van der Waals surface area contributed by atoms with E-state index < -0.39 is 0 Å². The van der Waals surface area contributed by atoms with Crippen LogP contribution in [0.2, 0.25) is 0 Å². The van der Waals surface area contributed by atoms with Crippen LogP contribution in [-0.4, -0.2) is 40.1 Å². The quantitative estimate of drug-likeness (QED) is 0.667. The van der Waals surface area contributed by atoms with Gasteiger partial charge in [-0.05, 0) is 50.2 Å². The number of ether oxygens (including phenoxy) is 1. The number of hydrogen-bond donors (Lipinski definition) is 1. The Balaban J connectivity index is 1.69. The molecule has 1 aliphatic heterocycles. The van der Waals surface area contributed by atoms with Crippen LogP contribution in [0.1, 0.15) is 18.3 Å². The van der Waals surface area contributed by atoms with Crippen molar-refractivity contribution in [3.05, 3.63) is 65.7 Å². The minimum atomic E-state index is -0.288. The maximum absolute atomic E-state index is 13.5. The third kappa shape index (κ3) is 4.21. The molecule has 0 fully saturated rings. The third-order valence-electron chi connectivity index (χ3n) is 5.19. The highest BCUT2D eigenvalue weighted by Gasteiger charge is 2.27. The minimum Gasteiger partial charge on any atom is -0.372 e. The van der Waals surface area contributed by atoms with Crippen LogP contribution in [0.4, 0.5) is 15.9 Å². The number of hydrogen-bond acceptors (Lipinski definition) is 4. The van der Waals surface area contributed by atoms with E-state index in [1.807, 2.05) is 38.1 Å². The molecule has 6 nitrogen and oxygen atoms in total. The van der Waals surface area contributed by atoms with E-state index in [0.29, 0.717) is 26.2 Å². The molecule has 2 aromatic carbocycles. The molecule has 0 saturated heterocycles. The summed E-state index contributed by atoms with van der Waals surface area (Å²) in [4.78, 5) is 19.0. The fourth-order valence-corrected chi connectivity index (χ4v) is 3.53. The van der Waals surface area contributed by atoms with Gasteiger partial charge in [0.15, 0.2) is 0 Å². The largest absolute Gasteiger partial charge is 0.372 e. The maximum Gasteiger partial charge on any atom is 0.249 e. The second-order valence-electron chi connectivity index (χ2n) is 7.33. The number of imidazole rings is 1. The summed E-state index contributed by atoms with van der Waals surface area (Å²) in [5.74, 6) is 1.31. The van der Waals surface area contributed by atoms with Gasteiger partial charge in [-0.15, -0.1) is 0 Å².